The third kappa shape index (κ3) is 8.67. The SMILES string of the molecule is CCOC(=O)CC(=O)OCC.[K]. The quantitative estimate of drug-likeness (QED) is 0.367. The van der Waals surface area contributed by atoms with Crippen LogP contribution in [-0.2, 0) is 19.1 Å². The fourth-order valence-electron chi connectivity index (χ4n) is 0.542. The summed E-state index contributed by atoms with van der Waals surface area (Å²) in [6, 6.07) is 0. The maximum absolute atomic E-state index is 10.6. The Labute approximate surface area is 114 Å². The van der Waals surface area contributed by atoms with E-state index in [0.717, 1.165) is 0 Å². The van der Waals surface area contributed by atoms with Crippen LogP contribution in [0.3, 0.4) is 0 Å². The minimum atomic E-state index is -0.536. The first-order chi connectivity index (χ1) is 5.20. The summed E-state index contributed by atoms with van der Waals surface area (Å²) < 4.78 is 9.04. The second-order valence-electron chi connectivity index (χ2n) is 1.79. The fraction of sp³-hybridized carbons (Fsp3) is 0.714. The number of hydrogen-bond acceptors (Lipinski definition) is 4. The first-order valence-electron chi connectivity index (χ1n) is 3.52. The molecular formula is C7H12KO4. The van der Waals surface area contributed by atoms with Gasteiger partial charge in [-0.3, -0.25) is 9.59 Å². The normalized spacial score (nSPS) is 8.17. The minimum Gasteiger partial charge on any atom is -0.466 e. The molecule has 0 aliphatic carbocycles. The summed E-state index contributed by atoms with van der Waals surface area (Å²) in [5.74, 6) is -1.07. The number of esters is 2. The van der Waals surface area contributed by atoms with Crippen LogP contribution in [0.25, 0.3) is 0 Å². The van der Waals surface area contributed by atoms with Crippen molar-refractivity contribution in [2.24, 2.45) is 0 Å². The number of hydrogen-bond donors (Lipinski definition) is 0. The zero-order valence-electron chi connectivity index (χ0n) is 7.75. The minimum absolute atomic E-state index is 0. The van der Waals surface area contributed by atoms with Gasteiger partial charge in [-0.1, -0.05) is 0 Å². The zero-order chi connectivity index (χ0) is 8.69. The average molecular weight is 199 g/mol. The average Bonchev–Trinajstić information content (AvgIpc) is 1.87. The Kier molecular flexibility index (Phi) is 12.1. The molecule has 0 rings (SSSR count). The van der Waals surface area contributed by atoms with Crippen molar-refractivity contribution in [1.82, 2.24) is 0 Å². The van der Waals surface area contributed by atoms with Crippen molar-refractivity contribution in [3.63, 3.8) is 0 Å². The second kappa shape index (κ2) is 9.66. The van der Waals surface area contributed by atoms with Crippen LogP contribution in [0, 0.1) is 0 Å². The monoisotopic (exact) mass is 199 g/mol. The van der Waals surface area contributed by atoms with Gasteiger partial charge in [0.25, 0.3) is 0 Å². The maximum Gasteiger partial charge on any atom is 0.317 e. The van der Waals surface area contributed by atoms with Gasteiger partial charge < -0.3 is 9.47 Å². The maximum atomic E-state index is 10.6. The Hall–Kier alpha value is 0.576. The Morgan fingerprint density at radius 3 is 1.58 bits per heavy atom. The zero-order valence-corrected chi connectivity index (χ0v) is 10.9. The van der Waals surface area contributed by atoms with Gasteiger partial charge in [-0.2, -0.15) is 0 Å². The Bertz CT molecular complexity index is 130. The van der Waals surface area contributed by atoms with Gasteiger partial charge in [-0.15, -0.1) is 0 Å². The van der Waals surface area contributed by atoms with E-state index in [1.807, 2.05) is 0 Å². The van der Waals surface area contributed by atoms with Gasteiger partial charge in [0.1, 0.15) is 6.42 Å². The molecule has 0 heterocycles. The molecule has 5 heteroatoms. The van der Waals surface area contributed by atoms with Gasteiger partial charge in [0.15, 0.2) is 0 Å². The fourth-order valence-corrected chi connectivity index (χ4v) is 0.542. The van der Waals surface area contributed by atoms with Crippen molar-refractivity contribution < 1.29 is 19.1 Å². The van der Waals surface area contributed by atoms with E-state index < -0.39 is 11.9 Å². The predicted octanol–water partition coefficient (Wildman–Crippen LogP) is 0.122. The molecular weight excluding hydrogens is 187 g/mol. The molecule has 0 spiro atoms. The summed E-state index contributed by atoms with van der Waals surface area (Å²) in [6.07, 6.45) is -0.290. The Morgan fingerprint density at radius 1 is 1.00 bits per heavy atom. The smallest absolute Gasteiger partial charge is 0.317 e. The van der Waals surface area contributed by atoms with Crippen molar-refractivity contribution in [2.45, 2.75) is 20.3 Å². The number of carbonyl (C=O) groups excluding carboxylic acids is 2. The molecule has 0 fully saturated rings. The van der Waals surface area contributed by atoms with Gasteiger partial charge in [-0.25, -0.2) is 0 Å². The summed E-state index contributed by atoms with van der Waals surface area (Å²) in [7, 11) is 0. The van der Waals surface area contributed by atoms with Gasteiger partial charge in [-0.05, 0) is 13.8 Å². The molecule has 0 aromatic rings. The molecule has 0 aliphatic heterocycles. The van der Waals surface area contributed by atoms with E-state index in [2.05, 4.69) is 9.47 Å². The van der Waals surface area contributed by atoms with Crippen LogP contribution in [0.2, 0.25) is 0 Å². The third-order valence-electron chi connectivity index (χ3n) is 0.899. The summed E-state index contributed by atoms with van der Waals surface area (Å²) in [6.45, 7) is 3.95. The van der Waals surface area contributed by atoms with Crippen LogP contribution in [-0.4, -0.2) is 76.5 Å². The first kappa shape index (κ1) is 15.1. The van der Waals surface area contributed by atoms with E-state index >= 15 is 0 Å². The molecule has 12 heavy (non-hydrogen) atoms. The number of ether oxygens (including phenoxy) is 2. The molecule has 0 unspecified atom stereocenters. The topological polar surface area (TPSA) is 52.6 Å². The van der Waals surface area contributed by atoms with Crippen LogP contribution < -0.4 is 0 Å². The second-order valence-corrected chi connectivity index (χ2v) is 1.79. The summed E-state index contributed by atoms with van der Waals surface area (Å²) in [5.41, 5.74) is 0. The summed E-state index contributed by atoms with van der Waals surface area (Å²) in [5, 5.41) is 0. The van der Waals surface area contributed by atoms with Crippen LogP contribution >= 0.6 is 0 Å². The Balaban J connectivity index is 0. The Morgan fingerprint density at radius 2 is 1.33 bits per heavy atom. The van der Waals surface area contributed by atoms with Gasteiger partial charge in [0.05, 0.1) is 13.2 Å². The summed E-state index contributed by atoms with van der Waals surface area (Å²) >= 11 is 0. The molecule has 0 saturated carbocycles. The van der Waals surface area contributed by atoms with Gasteiger partial charge >= 0.3 is 11.9 Å². The molecule has 0 aromatic carbocycles. The third-order valence-corrected chi connectivity index (χ3v) is 0.899. The van der Waals surface area contributed by atoms with Crippen LogP contribution in [0.5, 0.6) is 0 Å². The molecule has 0 saturated heterocycles. The number of rotatable bonds is 4. The van der Waals surface area contributed by atoms with E-state index in [1.165, 1.54) is 0 Å². The van der Waals surface area contributed by atoms with Crippen molar-refractivity contribution in [3.05, 3.63) is 0 Å². The predicted molar refractivity (Wildman–Crippen MR) is 43.6 cm³/mol. The molecule has 65 valence electrons. The molecule has 0 N–H and O–H groups in total. The van der Waals surface area contributed by atoms with Crippen LogP contribution in [0.4, 0.5) is 0 Å². The largest absolute Gasteiger partial charge is 0.466 e. The standard InChI is InChI=1S/C7H12O4.K/c1-3-10-6(8)5-7(9)11-4-2;/h3-5H2,1-2H3;. The van der Waals surface area contributed by atoms with Gasteiger partial charge in [0.2, 0.25) is 0 Å². The van der Waals surface area contributed by atoms with Crippen molar-refractivity contribution in [3.8, 4) is 0 Å². The molecule has 0 bridgehead atoms. The molecule has 0 aliphatic rings. The molecule has 0 amide bonds. The first-order valence-corrected chi connectivity index (χ1v) is 3.52. The van der Waals surface area contributed by atoms with E-state index in [1.54, 1.807) is 13.8 Å². The van der Waals surface area contributed by atoms with Crippen LogP contribution in [0.15, 0.2) is 0 Å². The van der Waals surface area contributed by atoms with Crippen molar-refractivity contribution >= 4 is 63.3 Å². The van der Waals surface area contributed by atoms with E-state index in [0.29, 0.717) is 0 Å². The van der Waals surface area contributed by atoms with Gasteiger partial charge in [0, 0.05) is 51.4 Å². The molecule has 0 aromatic heterocycles. The van der Waals surface area contributed by atoms with E-state index in [9.17, 15) is 9.59 Å². The van der Waals surface area contributed by atoms with Crippen molar-refractivity contribution in [1.29, 1.82) is 0 Å². The molecule has 4 nitrogen and oxygen atoms in total. The van der Waals surface area contributed by atoms with E-state index in [-0.39, 0.29) is 71.0 Å². The van der Waals surface area contributed by atoms with E-state index in [4.69, 9.17) is 0 Å². The number of carbonyl (C=O) groups is 2. The van der Waals surface area contributed by atoms with Crippen molar-refractivity contribution in [2.75, 3.05) is 13.2 Å². The van der Waals surface area contributed by atoms with Crippen LogP contribution in [0.1, 0.15) is 20.3 Å². The summed E-state index contributed by atoms with van der Waals surface area (Å²) in [4.78, 5) is 21.2. The molecule has 1 radical (unpaired) electrons. The molecule has 0 atom stereocenters.